The molecule has 0 aliphatic heterocycles. The summed E-state index contributed by atoms with van der Waals surface area (Å²) >= 11 is 0. The first-order valence-corrected chi connectivity index (χ1v) is 10.1. The van der Waals surface area contributed by atoms with E-state index in [2.05, 4.69) is 15.0 Å². The van der Waals surface area contributed by atoms with Gasteiger partial charge in [-0.2, -0.15) is 4.40 Å². The number of fused-ring (bicyclic) bond motifs is 4. The maximum absolute atomic E-state index is 13.4. The van der Waals surface area contributed by atoms with Crippen molar-refractivity contribution in [2.24, 2.45) is 22.4 Å². The summed E-state index contributed by atoms with van der Waals surface area (Å²) in [4.78, 5) is 25.8. The molecule has 9 nitrogen and oxygen atoms in total. The molecule has 0 atom stereocenters. The average Bonchev–Trinajstić information content (AvgIpc) is 2.78. The normalized spacial score (nSPS) is 12.8. The van der Waals surface area contributed by atoms with E-state index < -0.39 is 0 Å². The molecule has 0 saturated heterocycles. The minimum atomic E-state index is -0.245. The number of hydrogen-bond donors (Lipinski definition) is 2. The number of aromatic nitrogens is 3. The van der Waals surface area contributed by atoms with Crippen LogP contribution in [-0.2, 0) is 0 Å². The molecule has 32 heavy (non-hydrogen) atoms. The second-order valence-electron chi connectivity index (χ2n) is 7.63. The molecule has 4 aromatic rings. The van der Waals surface area contributed by atoms with Crippen molar-refractivity contribution in [1.82, 2.24) is 9.38 Å². The van der Waals surface area contributed by atoms with Crippen molar-refractivity contribution in [2.45, 2.75) is 13.8 Å². The van der Waals surface area contributed by atoms with E-state index in [0.717, 1.165) is 0 Å². The van der Waals surface area contributed by atoms with Crippen LogP contribution >= 0.6 is 0 Å². The van der Waals surface area contributed by atoms with Gasteiger partial charge in [-0.3, -0.25) is 4.79 Å². The predicted molar refractivity (Wildman–Crippen MR) is 125 cm³/mol. The summed E-state index contributed by atoms with van der Waals surface area (Å²) in [5.74, 6) is 2.11. The van der Waals surface area contributed by atoms with Crippen molar-refractivity contribution in [3.8, 4) is 11.5 Å². The number of hydrogen-bond acceptors (Lipinski definition) is 6. The van der Waals surface area contributed by atoms with E-state index in [1.54, 1.807) is 18.2 Å². The fourth-order valence-electron chi connectivity index (χ4n) is 3.45. The Balaban J connectivity index is 2.07. The van der Waals surface area contributed by atoms with Crippen LogP contribution in [0.4, 0.5) is 5.82 Å². The van der Waals surface area contributed by atoms with Gasteiger partial charge in [0.15, 0.2) is 17.3 Å². The van der Waals surface area contributed by atoms with Crippen molar-refractivity contribution >= 4 is 39.2 Å². The molecule has 0 bridgehead atoms. The van der Waals surface area contributed by atoms with Crippen LogP contribution in [0.2, 0.25) is 0 Å². The molecule has 0 radical (unpaired) electrons. The van der Waals surface area contributed by atoms with Gasteiger partial charge in [0.1, 0.15) is 11.0 Å². The molecule has 4 rings (SSSR count). The first-order valence-electron chi connectivity index (χ1n) is 10.1. The van der Waals surface area contributed by atoms with Crippen LogP contribution in [0.3, 0.4) is 0 Å². The smallest absolute Gasteiger partial charge is 0.360 e. The summed E-state index contributed by atoms with van der Waals surface area (Å²) in [6.45, 7) is 3.95. The molecular formula is C23H25N6O3+. The van der Waals surface area contributed by atoms with E-state index in [-0.39, 0.29) is 17.3 Å². The monoisotopic (exact) mass is 433 g/mol. The number of amidine groups is 1. The SMILES string of the molecule is COc1cc2nc3[nH+]c(N=C(N)C=C(N)C(C)C)c4ccccc4n3c(=O)c2cc1OC. The molecule has 2 aromatic heterocycles. The third-order valence-electron chi connectivity index (χ3n) is 5.23. The number of ether oxygens (including phenoxy) is 2. The van der Waals surface area contributed by atoms with Crippen LogP contribution in [0.15, 0.2) is 58.0 Å². The topological polar surface area (TPSA) is 131 Å². The number of rotatable bonds is 5. The van der Waals surface area contributed by atoms with E-state index in [1.165, 1.54) is 18.6 Å². The van der Waals surface area contributed by atoms with Gasteiger partial charge in [-0.25, -0.2) is 4.98 Å². The molecule has 5 N–H and O–H groups in total. The van der Waals surface area contributed by atoms with E-state index in [1.807, 2.05) is 38.1 Å². The number of para-hydroxylation sites is 1. The van der Waals surface area contributed by atoms with Crippen LogP contribution < -0.4 is 31.5 Å². The molecule has 0 amide bonds. The van der Waals surface area contributed by atoms with Crippen molar-refractivity contribution in [2.75, 3.05) is 14.2 Å². The number of allylic oxidation sites excluding steroid dienone is 1. The fourth-order valence-corrected chi connectivity index (χ4v) is 3.45. The van der Waals surface area contributed by atoms with Gasteiger partial charge in [0.25, 0.3) is 0 Å². The highest BCUT2D eigenvalue weighted by atomic mass is 16.5. The number of H-pyrrole nitrogens is 1. The molecule has 164 valence electrons. The van der Waals surface area contributed by atoms with Crippen LogP contribution in [0, 0.1) is 5.92 Å². The molecule has 0 fully saturated rings. The lowest BCUT2D eigenvalue weighted by atomic mass is 10.1. The Labute approximate surface area is 184 Å². The second kappa shape index (κ2) is 8.18. The number of nitrogens with two attached hydrogens (primary N) is 2. The third-order valence-corrected chi connectivity index (χ3v) is 5.23. The number of benzene rings is 2. The molecule has 0 spiro atoms. The Kier molecular flexibility index (Phi) is 5.40. The number of methoxy groups -OCH3 is 2. The standard InChI is InChI=1S/C23H24N6O3/c1-12(2)15(24)10-20(25)27-21-13-7-5-6-8-17(13)29-22(30)14-9-18(31-3)19(32-4)11-16(14)26-23(29)28-21/h5-12H,24H2,1-4H3,(H2,25,26,27,28)/p+1. The molecule has 2 heterocycles. The summed E-state index contributed by atoms with van der Waals surface area (Å²) in [6, 6.07) is 10.7. The summed E-state index contributed by atoms with van der Waals surface area (Å²) in [6.07, 6.45) is 1.63. The minimum absolute atomic E-state index is 0.139. The van der Waals surface area contributed by atoms with Crippen molar-refractivity contribution in [1.29, 1.82) is 0 Å². The van der Waals surface area contributed by atoms with Gasteiger partial charge in [-0.1, -0.05) is 26.0 Å². The second-order valence-corrected chi connectivity index (χ2v) is 7.63. The number of nitrogens with zero attached hydrogens (tertiary/aromatic N) is 3. The van der Waals surface area contributed by atoms with Crippen LogP contribution in [0.1, 0.15) is 13.8 Å². The van der Waals surface area contributed by atoms with Gasteiger partial charge in [0.05, 0.1) is 25.0 Å². The van der Waals surface area contributed by atoms with Gasteiger partial charge in [-0.05, 0) is 18.1 Å². The summed E-state index contributed by atoms with van der Waals surface area (Å²) in [5.41, 5.74) is 13.6. The van der Waals surface area contributed by atoms with Gasteiger partial charge in [0, 0.05) is 23.9 Å². The lowest BCUT2D eigenvalue weighted by molar-refractivity contribution is -0.335. The molecule has 0 aliphatic rings. The van der Waals surface area contributed by atoms with Crippen molar-refractivity contribution < 1.29 is 14.5 Å². The summed E-state index contributed by atoms with van der Waals surface area (Å²) < 4.78 is 12.2. The van der Waals surface area contributed by atoms with Gasteiger partial charge in [0.2, 0.25) is 5.82 Å². The van der Waals surface area contributed by atoms with E-state index in [0.29, 0.717) is 50.6 Å². The first-order chi connectivity index (χ1) is 15.3. The van der Waals surface area contributed by atoms with E-state index >= 15 is 0 Å². The highest BCUT2D eigenvalue weighted by molar-refractivity contribution is 5.97. The molecule has 9 heteroatoms. The number of nitrogens with one attached hydrogen (secondary N) is 1. The van der Waals surface area contributed by atoms with Gasteiger partial charge >= 0.3 is 11.3 Å². The van der Waals surface area contributed by atoms with Crippen LogP contribution in [0.5, 0.6) is 11.5 Å². The average molecular weight is 433 g/mol. The van der Waals surface area contributed by atoms with E-state index in [4.69, 9.17) is 20.9 Å². The molecule has 0 saturated carbocycles. The molecule has 0 unspecified atom stereocenters. The third kappa shape index (κ3) is 3.58. The number of aromatic amines is 1. The van der Waals surface area contributed by atoms with Gasteiger partial charge in [-0.15, -0.1) is 9.98 Å². The first kappa shape index (κ1) is 21.1. The highest BCUT2D eigenvalue weighted by Gasteiger charge is 2.20. The predicted octanol–water partition coefficient (Wildman–Crippen LogP) is 2.32. The Morgan fingerprint density at radius 2 is 1.81 bits per heavy atom. The molecule has 2 aromatic carbocycles. The van der Waals surface area contributed by atoms with Crippen molar-refractivity contribution in [3.63, 3.8) is 0 Å². The highest BCUT2D eigenvalue weighted by Crippen LogP contribution is 2.30. The zero-order valence-electron chi connectivity index (χ0n) is 18.3. The van der Waals surface area contributed by atoms with Crippen LogP contribution in [-0.4, -0.2) is 29.4 Å². The zero-order valence-corrected chi connectivity index (χ0v) is 18.3. The maximum Gasteiger partial charge on any atom is 0.360 e. The Bertz CT molecular complexity index is 1470. The van der Waals surface area contributed by atoms with Crippen molar-refractivity contribution in [3.05, 3.63) is 58.5 Å². The summed E-state index contributed by atoms with van der Waals surface area (Å²) in [7, 11) is 3.05. The Morgan fingerprint density at radius 3 is 2.50 bits per heavy atom. The largest absolute Gasteiger partial charge is 0.493 e. The van der Waals surface area contributed by atoms with E-state index in [9.17, 15) is 4.79 Å². The fraction of sp³-hybridized carbons (Fsp3) is 0.217. The summed E-state index contributed by atoms with van der Waals surface area (Å²) in [5, 5.41) is 1.12. The molecule has 0 aliphatic carbocycles. The lowest BCUT2D eigenvalue weighted by Crippen LogP contribution is -2.24. The quantitative estimate of drug-likeness (QED) is 0.215. The molecular weight excluding hydrogens is 408 g/mol. The Morgan fingerprint density at radius 1 is 1.12 bits per heavy atom. The van der Waals surface area contributed by atoms with Crippen LogP contribution in [0.25, 0.3) is 27.6 Å². The lowest BCUT2D eigenvalue weighted by Gasteiger charge is -2.08. The number of aliphatic imine (C=N–C) groups is 1. The minimum Gasteiger partial charge on any atom is -0.493 e. The zero-order chi connectivity index (χ0) is 23.0. The van der Waals surface area contributed by atoms with Gasteiger partial charge < -0.3 is 20.9 Å². The Hall–Kier alpha value is -4.14. The maximum atomic E-state index is 13.4.